The maximum absolute atomic E-state index is 9.63. The Labute approximate surface area is 184 Å². The molecular formula is C21H13BrClN3O2S. The Morgan fingerprint density at radius 3 is 2.79 bits per heavy atom. The van der Waals surface area contributed by atoms with E-state index < -0.39 is 0 Å². The van der Waals surface area contributed by atoms with Crippen molar-refractivity contribution in [3.05, 3.63) is 69.6 Å². The van der Waals surface area contributed by atoms with Crippen LogP contribution in [0.15, 0.2) is 67.4 Å². The summed E-state index contributed by atoms with van der Waals surface area (Å²) >= 11 is 10.9. The summed E-state index contributed by atoms with van der Waals surface area (Å²) in [6, 6.07) is 17.0. The molecule has 0 bridgehead atoms. The van der Waals surface area contributed by atoms with Crippen LogP contribution in [0.4, 0.5) is 0 Å². The molecule has 0 atom stereocenters. The fourth-order valence-corrected chi connectivity index (χ4v) is 4.11. The lowest BCUT2D eigenvalue weighted by molar-refractivity contribution is 0.415. The van der Waals surface area contributed by atoms with E-state index in [1.54, 1.807) is 13.2 Å². The summed E-state index contributed by atoms with van der Waals surface area (Å²) in [4.78, 5) is 8.64. The lowest BCUT2D eigenvalue weighted by atomic mass is 10.2. The van der Waals surface area contributed by atoms with Crippen molar-refractivity contribution in [1.82, 2.24) is 9.97 Å². The minimum atomic E-state index is 0.365. The summed E-state index contributed by atoms with van der Waals surface area (Å²) in [5.41, 5.74) is 1.91. The summed E-state index contributed by atoms with van der Waals surface area (Å²) in [6.45, 7) is 0. The second-order valence-corrected chi connectivity index (χ2v) is 8.32. The molecule has 29 heavy (non-hydrogen) atoms. The van der Waals surface area contributed by atoms with Crippen LogP contribution in [0.2, 0.25) is 5.02 Å². The van der Waals surface area contributed by atoms with E-state index in [2.05, 4.69) is 32.0 Å². The molecule has 0 radical (unpaired) electrons. The van der Waals surface area contributed by atoms with Crippen molar-refractivity contribution in [2.45, 2.75) is 9.99 Å². The van der Waals surface area contributed by atoms with Gasteiger partial charge >= 0.3 is 0 Å². The van der Waals surface area contributed by atoms with Gasteiger partial charge in [-0.1, -0.05) is 23.4 Å². The normalized spacial score (nSPS) is 11.6. The molecule has 0 aliphatic carbocycles. The molecule has 0 saturated carbocycles. The zero-order valence-electron chi connectivity index (χ0n) is 15.1. The third kappa shape index (κ3) is 4.35. The molecule has 4 aromatic rings. The van der Waals surface area contributed by atoms with Crippen LogP contribution in [0.25, 0.3) is 22.7 Å². The maximum Gasteiger partial charge on any atom is 0.179 e. The average molecular weight is 487 g/mol. The molecule has 0 aliphatic rings. The number of ether oxygens (including phenoxy) is 1. The predicted octanol–water partition coefficient (Wildman–Crippen LogP) is 6.80. The van der Waals surface area contributed by atoms with Crippen LogP contribution >= 0.6 is 39.3 Å². The molecule has 0 unspecified atom stereocenters. The number of nitrogens with zero attached hydrogens (tertiary/aromatic N) is 2. The summed E-state index contributed by atoms with van der Waals surface area (Å²) in [5, 5.41) is 11.0. The van der Waals surface area contributed by atoms with Gasteiger partial charge in [0.15, 0.2) is 5.09 Å². The van der Waals surface area contributed by atoms with Gasteiger partial charge in [-0.15, -0.1) is 0 Å². The number of hydrogen-bond donors (Lipinski definition) is 1. The van der Waals surface area contributed by atoms with E-state index in [1.165, 1.54) is 11.8 Å². The number of aromatic amines is 1. The minimum absolute atomic E-state index is 0.365. The van der Waals surface area contributed by atoms with Crippen LogP contribution < -0.4 is 4.74 Å². The van der Waals surface area contributed by atoms with Crippen molar-refractivity contribution in [3.63, 3.8) is 0 Å². The first-order valence-electron chi connectivity index (χ1n) is 8.44. The van der Waals surface area contributed by atoms with Gasteiger partial charge in [0.05, 0.1) is 28.2 Å². The first kappa shape index (κ1) is 19.6. The Kier molecular flexibility index (Phi) is 5.67. The molecule has 144 valence electrons. The van der Waals surface area contributed by atoms with Crippen LogP contribution in [0.1, 0.15) is 11.6 Å². The lowest BCUT2D eigenvalue weighted by Crippen LogP contribution is -1.84. The summed E-state index contributed by atoms with van der Waals surface area (Å²) in [7, 11) is 1.60. The number of halogens is 2. The Balaban J connectivity index is 1.63. The van der Waals surface area contributed by atoms with Crippen molar-refractivity contribution in [2.24, 2.45) is 0 Å². The number of benzene rings is 2. The second-order valence-electron chi connectivity index (χ2n) is 5.98. The lowest BCUT2D eigenvalue weighted by Gasteiger charge is -1.98. The number of hydrogen-bond acceptors (Lipinski definition) is 5. The van der Waals surface area contributed by atoms with Gasteiger partial charge in [-0.05, 0) is 58.4 Å². The van der Waals surface area contributed by atoms with Crippen molar-refractivity contribution < 1.29 is 9.15 Å². The molecule has 5 nitrogen and oxygen atoms in total. The highest BCUT2D eigenvalue weighted by Crippen LogP contribution is 2.37. The number of aromatic nitrogens is 2. The number of imidazole rings is 1. The molecule has 2 heterocycles. The number of H-pyrrole nitrogens is 1. The van der Waals surface area contributed by atoms with Crippen LogP contribution in [0.3, 0.4) is 0 Å². The first-order valence-corrected chi connectivity index (χ1v) is 10.4. The van der Waals surface area contributed by atoms with Crippen LogP contribution in [0.5, 0.6) is 5.75 Å². The van der Waals surface area contributed by atoms with E-state index in [0.29, 0.717) is 33.0 Å². The second kappa shape index (κ2) is 8.37. The van der Waals surface area contributed by atoms with Gasteiger partial charge < -0.3 is 14.1 Å². The molecule has 0 fully saturated rings. The first-order chi connectivity index (χ1) is 14.1. The van der Waals surface area contributed by atoms with Crippen molar-refractivity contribution in [2.75, 3.05) is 7.11 Å². The molecule has 2 aromatic heterocycles. The Bertz CT molecular complexity index is 1260. The molecule has 0 spiro atoms. The van der Waals surface area contributed by atoms with Crippen LogP contribution in [-0.2, 0) is 0 Å². The molecule has 2 aromatic carbocycles. The number of fused-ring (bicyclic) bond motifs is 1. The fraction of sp³-hybridized carbons (Fsp3) is 0.0476. The van der Waals surface area contributed by atoms with Crippen molar-refractivity contribution in [3.8, 4) is 11.8 Å². The van der Waals surface area contributed by atoms with Crippen molar-refractivity contribution in [1.29, 1.82) is 5.26 Å². The van der Waals surface area contributed by atoms with Gasteiger partial charge in [0.25, 0.3) is 0 Å². The van der Waals surface area contributed by atoms with Crippen LogP contribution in [0, 0.1) is 11.3 Å². The predicted molar refractivity (Wildman–Crippen MR) is 118 cm³/mol. The van der Waals surface area contributed by atoms with E-state index >= 15 is 0 Å². The third-order valence-electron chi connectivity index (χ3n) is 4.05. The highest BCUT2D eigenvalue weighted by molar-refractivity contribution is 9.10. The topological polar surface area (TPSA) is 74.8 Å². The fourth-order valence-electron chi connectivity index (χ4n) is 2.66. The number of nitriles is 1. The van der Waals surface area contributed by atoms with E-state index in [-0.39, 0.29) is 0 Å². The number of allylic oxidation sites excluding steroid dienone is 1. The van der Waals surface area contributed by atoms with Crippen LogP contribution in [-0.4, -0.2) is 17.1 Å². The largest absolute Gasteiger partial charge is 0.497 e. The van der Waals surface area contributed by atoms with Gasteiger partial charge in [0, 0.05) is 22.1 Å². The Morgan fingerprint density at radius 1 is 1.28 bits per heavy atom. The summed E-state index contributed by atoms with van der Waals surface area (Å²) < 4.78 is 11.9. The molecule has 4 rings (SSSR count). The zero-order chi connectivity index (χ0) is 20.4. The van der Waals surface area contributed by atoms with Gasteiger partial charge in [-0.2, -0.15) is 5.26 Å². The van der Waals surface area contributed by atoms with E-state index in [1.807, 2.05) is 48.5 Å². The number of nitrogens with one attached hydrogen (secondary N) is 1. The van der Waals surface area contributed by atoms with E-state index in [0.717, 1.165) is 20.4 Å². The molecule has 0 amide bonds. The highest BCUT2D eigenvalue weighted by Gasteiger charge is 2.13. The van der Waals surface area contributed by atoms with Gasteiger partial charge in [-0.3, -0.25) is 0 Å². The summed E-state index contributed by atoms with van der Waals surface area (Å²) in [6.07, 6.45) is 1.66. The molecule has 0 saturated heterocycles. The quantitative estimate of drug-likeness (QED) is 0.314. The molecule has 8 heteroatoms. The standard InChI is InChI=1S/C21H13BrClN3O2S/c1-27-14-4-7-18-19(10-14)26-20(25-18)12(11-24)8-15-9-17(22)21(28-15)29-16-5-2-13(23)3-6-16/h2-10H,1H3,(H,25,26)/b12-8-. The maximum atomic E-state index is 9.63. The smallest absolute Gasteiger partial charge is 0.179 e. The number of methoxy groups -OCH3 is 1. The highest BCUT2D eigenvalue weighted by atomic mass is 79.9. The Morgan fingerprint density at radius 2 is 2.07 bits per heavy atom. The van der Waals surface area contributed by atoms with Crippen molar-refractivity contribution >= 4 is 62.0 Å². The monoisotopic (exact) mass is 485 g/mol. The van der Waals surface area contributed by atoms with Gasteiger partial charge in [-0.25, -0.2) is 4.98 Å². The van der Waals surface area contributed by atoms with Gasteiger partial charge in [0.2, 0.25) is 0 Å². The average Bonchev–Trinajstić information content (AvgIpc) is 3.30. The zero-order valence-corrected chi connectivity index (χ0v) is 18.2. The molecular weight excluding hydrogens is 474 g/mol. The van der Waals surface area contributed by atoms with E-state index in [9.17, 15) is 5.26 Å². The van der Waals surface area contributed by atoms with E-state index in [4.69, 9.17) is 20.8 Å². The minimum Gasteiger partial charge on any atom is -0.497 e. The summed E-state index contributed by atoms with van der Waals surface area (Å²) in [5.74, 6) is 1.73. The molecule has 0 aliphatic heterocycles. The number of rotatable bonds is 5. The molecule has 1 N–H and O–H groups in total. The Hall–Kier alpha value is -2.66. The SMILES string of the molecule is COc1ccc2nc(/C(C#N)=C\c3cc(Br)c(Sc4ccc(Cl)cc4)o3)[nH]c2c1. The third-order valence-corrected chi connectivity index (χ3v) is 6.15. The van der Waals surface area contributed by atoms with Gasteiger partial charge in [0.1, 0.15) is 23.4 Å². The number of furan rings is 1.